The summed E-state index contributed by atoms with van der Waals surface area (Å²) in [5, 5.41) is 13.6. The Hall–Kier alpha value is -2.48. The van der Waals surface area contributed by atoms with Gasteiger partial charge in [0.25, 0.3) is 0 Å². The van der Waals surface area contributed by atoms with Gasteiger partial charge in [-0.3, -0.25) is 4.90 Å². The van der Waals surface area contributed by atoms with E-state index < -0.39 is 17.9 Å². The first-order chi connectivity index (χ1) is 15.8. The van der Waals surface area contributed by atoms with Crippen molar-refractivity contribution in [2.75, 3.05) is 17.3 Å². The summed E-state index contributed by atoms with van der Waals surface area (Å²) >= 11 is 7.64. The molecule has 1 fully saturated rings. The van der Waals surface area contributed by atoms with Crippen molar-refractivity contribution in [3.05, 3.63) is 76.5 Å². The van der Waals surface area contributed by atoms with Gasteiger partial charge in [-0.15, -0.1) is 0 Å². The number of benzene rings is 2. The van der Waals surface area contributed by atoms with Crippen molar-refractivity contribution < 1.29 is 14.6 Å². The number of halogens is 1. The highest BCUT2D eigenvalue weighted by Gasteiger charge is 2.55. The fraction of sp³-hybridized carbons (Fsp3) is 0.360. The number of aliphatic imine (C=N–C) groups is 1. The molecular formula is C25H28ClN3O3S. The smallest absolute Gasteiger partial charge is 0.338 e. The molecule has 1 saturated heterocycles. The summed E-state index contributed by atoms with van der Waals surface area (Å²) in [7, 11) is 0. The number of carbonyl (C=O) groups excluding carboxylic acids is 1. The van der Waals surface area contributed by atoms with Gasteiger partial charge in [0.05, 0.1) is 29.7 Å². The van der Waals surface area contributed by atoms with Gasteiger partial charge in [0.1, 0.15) is 0 Å². The van der Waals surface area contributed by atoms with Crippen LogP contribution >= 0.6 is 23.4 Å². The van der Waals surface area contributed by atoms with E-state index in [9.17, 15) is 9.90 Å². The highest BCUT2D eigenvalue weighted by atomic mass is 35.5. The van der Waals surface area contributed by atoms with Gasteiger partial charge in [-0.2, -0.15) is 0 Å². The molecule has 2 aliphatic rings. The lowest BCUT2D eigenvalue weighted by atomic mass is 9.93. The predicted octanol–water partition coefficient (Wildman–Crippen LogP) is 5.20. The van der Waals surface area contributed by atoms with Crippen molar-refractivity contribution in [1.82, 2.24) is 4.90 Å². The van der Waals surface area contributed by atoms with E-state index >= 15 is 0 Å². The standard InChI is InChI=1S/C25H28ClN3O3S/c1-5-32-23(30)21-17(4)27-24-29(22(21)18-11-13-19(26)14-12-18)25(31,15-33-24)28(16(2)3)20-9-7-6-8-10-20/h6-14,16,22,31H,5,15H2,1-4H3. The fourth-order valence-electron chi connectivity index (χ4n) is 4.51. The van der Waals surface area contributed by atoms with Crippen molar-refractivity contribution in [1.29, 1.82) is 0 Å². The van der Waals surface area contributed by atoms with Gasteiger partial charge in [-0.1, -0.05) is 53.7 Å². The number of hydrogen-bond donors (Lipinski definition) is 1. The molecule has 0 amide bonds. The fourth-order valence-corrected chi connectivity index (χ4v) is 5.83. The van der Waals surface area contributed by atoms with Crippen molar-refractivity contribution >= 4 is 40.2 Å². The monoisotopic (exact) mass is 485 g/mol. The molecule has 6 nitrogen and oxygen atoms in total. The Morgan fingerprint density at radius 3 is 2.55 bits per heavy atom. The van der Waals surface area contributed by atoms with Crippen LogP contribution in [0.3, 0.4) is 0 Å². The molecule has 0 aliphatic carbocycles. The summed E-state index contributed by atoms with van der Waals surface area (Å²) in [5.74, 6) is -1.50. The molecule has 2 unspecified atom stereocenters. The van der Waals surface area contributed by atoms with Gasteiger partial charge in [0, 0.05) is 16.8 Å². The number of anilines is 1. The van der Waals surface area contributed by atoms with Crippen LogP contribution in [0.4, 0.5) is 5.69 Å². The molecule has 174 valence electrons. The van der Waals surface area contributed by atoms with E-state index in [1.807, 2.05) is 73.0 Å². The minimum Gasteiger partial charge on any atom is -0.463 e. The summed E-state index contributed by atoms with van der Waals surface area (Å²) in [6, 6.07) is 16.5. The van der Waals surface area contributed by atoms with Gasteiger partial charge in [0.15, 0.2) is 5.17 Å². The number of ether oxygens (including phenoxy) is 1. The van der Waals surface area contributed by atoms with E-state index in [-0.39, 0.29) is 12.6 Å². The second kappa shape index (κ2) is 9.41. The number of amidine groups is 1. The van der Waals surface area contributed by atoms with E-state index in [0.29, 0.717) is 27.2 Å². The number of allylic oxidation sites excluding steroid dienone is 1. The van der Waals surface area contributed by atoms with Crippen LogP contribution in [0.15, 0.2) is 70.9 Å². The molecule has 1 N–H and O–H groups in total. The highest BCUT2D eigenvalue weighted by Crippen LogP contribution is 2.48. The Bertz CT molecular complexity index is 1090. The lowest BCUT2D eigenvalue weighted by Crippen LogP contribution is -2.64. The predicted molar refractivity (Wildman–Crippen MR) is 134 cm³/mol. The van der Waals surface area contributed by atoms with Gasteiger partial charge >= 0.3 is 5.97 Å². The van der Waals surface area contributed by atoms with Crippen LogP contribution in [0.2, 0.25) is 5.02 Å². The van der Waals surface area contributed by atoms with Crippen molar-refractivity contribution in [2.45, 2.75) is 45.6 Å². The summed E-state index contributed by atoms with van der Waals surface area (Å²) < 4.78 is 5.42. The minimum absolute atomic E-state index is 0.0266. The zero-order chi connectivity index (χ0) is 23.8. The number of thioether (sulfide) groups is 1. The lowest BCUT2D eigenvalue weighted by molar-refractivity contribution is -0.140. The molecule has 0 saturated carbocycles. The first-order valence-electron chi connectivity index (χ1n) is 11.0. The van der Waals surface area contributed by atoms with Crippen LogP contribution < -0.4 is 4.90 Å². The quantitative estimate of drug-likeness (QED) is 0.448. The summed E-state index contributed by atoms with van der Waals surface area (Å²) in [4.78, 5) is 21.7. The first-order valence-corrected chi connectivity index (χ1v) is 12.3. The largest absolute Gasteiger partial charge is 0.463 e. The van der Waals surface area contributed by atoms with E-state index in [0.717, 1.165) is 11.3 Å². The molecule has 8 heteroatoms. The normalized spacial score (nSPS) is 22.3. The third-order valence-electron chi connectivity index (χ3n) is 5.79. The van der Waals surface area contributed by atoms with Gasteiger partial charge in [-0.25, -0.2) is 9.79 Å². The average molecular weight is 486 g/mol. The molecule has 2 aromatic carbocycles. The maximum Gasteiger partial charge on any atom is 0.338 e. The number of fused-ring (bicyclic) bond motifs is 1. The van der Waals surface area contributed by atoms with Gasteiger partial charge in [0.2, 0.25) is 5.85 Å². The molecule has 0 aromatic heterocycles. The Labute approximate surface area is 203 Å². The number of aliphatic hydroxyl groups is 1. The lowest BCUT2D eigenvalue weighted by Gasteiger charge is -2.50. The third-order valence-corrected chi connectivity index (χ3v) is 7.12. The zero-order valence-electron chi connectivity index (χ0n) is 19.2. The molecular weight excluding hydrogens is 458 g/mol. The van der Waals surface area contributed by atoms with Crippen LogP contribution in [0.5, 0.6) is 0 Å². The van der Waals surface area contributed by atoms with Crippen molar-refractivity contribution in [3.8, 4) is 0 Å². The molecule has 0 bridgehead atoms. The second-order valence-electron chi connectivity index (χ2n) is 8.30. The number of carbonyl (C=O) groups is 1. The minimum atomic E-state index is -1.43. The van der Waals surface area contributed by atoms with Crippen LogP contribution in [-0.2, 0) is 9.53 Å². The maximum absolute atomic E-state index is 13.1. The zero-order valence-corrected chi connectivity index (χ0v) is 20.7. The Morgan fingerprint density at radius 2 is 1.94 bits per heavy atom. The molecule has 2 heterocycles. The number of nitrogens with zero attached hydrogens (tertiary/aromatic N) is 3. The van der Waals surface area contributed by atoms with E-state index in [1.165, 1.54) is 11.8 Å². The molecule has 2 atom stereocenters. The molecule has 0 radical (unpaired) electrons. The number of hydrogen-bond acceptors (Lipinski definition) is 7. The average Bonchev–Trinajstić information content (AvgIpc) is 3.10. The second-order valence-corrected chi connectivity index (χ2v) is 9.68. The summed E-state index contributed by atoms with van der Waals surface area (Å²) in [6.07, 6.45) is 0. The van der Waals surface area contributed by atoms with Crippen molar-refractivity contribution in [2.24, 2.45) is 4.99 Å². The van der Waals surface area contributed by atoms with Crippen molar-refractivity contribution in [3.63, 3.8) is 0 Å². The molecule has 4 rings (SSSR count). The van der Waals surface area contributed by atoms with Gasteiger partial charge in [-0.05, 0) is 57.5 Å². The van der Waals surface area contributed by atoms with Crippen LogP contribution in [0.1, 0.15) is 39.3 Å². The van der Waals surface area contributed by atoms with Gasteiger partial charge < -0.3 is 14.7 Å². The Morgan fingerprint density at radius 1 is 1.27 bits per heavy atom. The van der Waals surface area contributed by atoms with Crippen LogP contribution in [0, 0.1) is 0 Å². The molecule has 2 aromatic rings. The number of esters is 1. The third kappa shape index (κ3) is 4.25. The first kappa shape index (κ1) is 23.7. The molecule has 2 aliphatic heterocycles. The number of rotatable bonds is 6. The van der Waals surface area contributed by atoms with E-state index in [2.05, 4.69) is 0 Å². The Balaban J connectivity index is 1.90. The molecule has 33 heavy (non-hydrogen) atoms. The van der Waals surface area contributed by atoms with E-state index in [1.54, 1.807) is 19.1 Å². The maximum atomic E-state index is 13.1. The van der Waals surface area contributed by atoms with Crippen LogP contribution in [0.25, 0.3) is 0 Å². The Kier molecular flexibility index (Phi) is 6.75. The summed E-state index contributed by atoms with van der Waals surface area (Å²) in [6.45, 7) is 7.93. The SMILES string of the molecule is CCOC(=O)C1=C(C)N=C2SCC(O)(N(c3ccccc3)C(C)C)N2C1c1ccc(Cl)cc1. The molecule has 0 spiro atoms. The number of para-hydroxylation sites is 1. The summed E-state index contributed by atoms with van der Waals surface area (Å²) in [5.41, 5.74) is 2.72. The topological polar surface area (TPSA) is 65.4 Å². The highest BCUT2D eigenvalue weighted by molar-refractivity contribution is 8.14. The van der Waals surface area contributed by atoms with Crippen LogP contribution in [-0.4, -0.2) is 45.4 Å². The van der Waals surface area contributed by atoms with E-state index in [4.69, 9.17) is 21.3 Å².